The van der Waals surface area contributed by atoms with Gasteiger partial charge in [-0.2, -0.15) is 0 Å². The topological polar surface area (TPSA) is 125 Å². The van der Waals surface area contributed by atoms with Crippen LogP contribution >= 0.6 is 0 Å². The number of rotatable bonds is 4. The van der Waals surface area contributed by atoms with E-state index in [9.17, 15) is 24.0 Å². The average Bonchev–Trinajstić information content (AvgIpc) is 3.08. The molecule has 1 atom stereocenters. The fourth-order valence-electron chi connectivity index (χ4n) is 4.05. The van der Waals surface area contributed by atoms with Crippen LogP contribution in [0.15, 0.2) is 42.5 Å². The maximum Gasteiger partial charge on any atom is 0.255 e. The molecular formula is C25H26N4O5. The van der Waals surface area contributed by atoms with Crippen molar-refractivity contribution in [3.05, 3.63) is 64.7 Å². The van der Waals surface area contributed by atoms with Crippen LogP contribution in [0.1, 0.15) is 70.3 Å². The minimum absolute atomic E-state index is 0.178. The SMILES string of the molecule is CC(C)(C)NC(=O)c1cccc(NC(=O)c2ccc3c(c2)C(=O)N(C2CCC(=O)NC2=O)C3)c1. The summed E-state index contributed by atoms with van der Waals surface area (Å²) < 4.78 is 0. The van der Waals surface area contributed by atoms with E-state index >= 15 is 0 Å². The summed E-state index contributed by atoms with van der Waals surface area (Å²) in [6.07, 6.45) is 0.452. The highest BCUT2D eigenvalue weighted by Crippen LogP contribution is 2.28. The van der Waals surface area contributed by atoms with Crippen LogP contribution in [0.4, 0.5) is 5.69 Å². The monoisotopic (exact) mass is 462 g/mol. The maximum atomic E-state index is 13.0. The van der Waals surface area contributed by atoms with Crippen LogP contribution in [0.5, 0.6) is 0 Å². The van der Waals surface area contributed by atoms with Crippen molar-refractivity contribution in [1.29, 1.82) is 0 Å². The summed E-state index contributed by atoms with van der Waals surface area (Å²) in [6, 6.07) is 10.7. The first-order valence-corrected chi connectivity index (χ1v) is 11.0. The summed E-state index contributed by atoms with van der Waals surface area (Å²) in [7, 11) is 0. The molecule has 1 fully saturated rings. The number of anilines is 1. The zero-order valence-corrected chi connectivity index (χ0v) is 19.2. The largest absolute Gasteiger partial charge is 0.347 e. The Labute approximate surface area is 196 Å². The van der Waals surface area contributed by atoms with E-state index in [1.54, 1.807) is 36.4 Å². The van der Waals surface area contributed by atoms with Crippen molar-refractivity contribution in [3.8, 4) is 0 Å². The lowest BCUT2D eigenvalue weighted by Crippen LogP contribution is -2.52. The highest BCUT2D eigenvalue weighted by Gasteiger charge is 2.39. The van der Waals surface area contributed by atoms with Crippen molar-refractivity contribution >= 4 is 35.2 Å². The molecule has 0 spiro atoms. The Bertz CT molecular complexity index is 1210. The van der Waals surface area contributed by atoms with Crippen molar-refractivity contribution in [2.75, 3.05) is 5.32 Å². The predicted octanol–water partition coefficient (Wildman–Crippen LogP) is 2.23. The molecule has 2 aromatic rings. The molecule has 2 aliphatic heterocycles. The van der Waals surface area contributed by atoms with E-state index in [2.05, 4.69) is 16.0 Å². The standard InChI is InChI=1S/C25H26N4O5/c1-25(2,3)28-22(32)14-5-4-6-17(11-14)26-21(31)15-7-8-16-13-29(24(34)18(16)12-15)19-9-10-20(30)27-23(19)33/h4-8,11-12,19H,9-10,13H2,1-3H3,(H,26,31)(H,28,32)(H,27,30,33). The number of amides is 5. The molecule has 176 valence electrons. The van der Waals surface area contributed by atoms with Crippen molar-refractivity contribution < 1.29 is 24.0 Å². The summed E-state index contributed by atoms with van der Waals surface area (Å²) in [5.41, 5.74) is 1.82. The molecule has 3 N–H and O–H groups in total. The third-order valence-electron chi connectivity index (χ3n) is 5.66. The molecule has 0 aliphatic carbocycles. The maximum absolute atomic E-state index is 13.0. The Kier molecular flexibility index (Phi) is 5.95. The molecule has 34 heavy (non-hydrogen) atoms. The summed E-state index contributed by atoms with van der Waals surface area (Å²) in [6.45, 7) is 5.89. The molecule has 1 saturated heterocycles. The van der Waals surface area contributed by atoms with Gasteiger partial charge in [0.05, 0.1) is 0 Å². The van der Waals surface area contributed by atoms with Gasteiger partial charge >= 0.3 is 0 Å². The molecule has 0 aromatic heterocycles. The number of carbonyl (C=O) groups excluding carboxylic acids is 5. The molecule has 1 unspecified atom stereocenters. The van der Waals surface area contributed by atoms with Gasteiger partial charge in [0, 0.05) is 40.9 Å². The van der Waals surface area contributed by atoms with E-state index in [0.717, 1.165) is 0 Å². The van der Waals surface area contributed by atoms with E-state index in [4.69, 9.17) is 0 Å². The lowest BCUT2D eigenvalue weighted by Gasteiger charge is -2.29. The normalized spacial score (nSPS) is 17.8. The van der Waals surface area contributed by atoms with E-state index < -0.39 is 23.4 Å². The average molecular weight is 463 g/mol. The lowest BCUT2D eigenvalue weighted by atomic mass is 10.0. The van der Waals surface area contributed by atoms with E-state index in [-0.39, 0.29) is 42.7 Å². The second-order valence-corrected chi connectivity index (χ2v) is 9.51. The van der Waals surface area contributed by atoms with Gasteiger partial charge in [0.15, 0.2) is 0 Å². The van der Waals surface area contributed by atoms with Crippen LogP contribution in [0.25, 0.3) is 0 Å². The summed E-state index contributed by atoms with van der Waals surface area (Å²) in [4.78, 5) is 63.3. The number of hydrogen-bond donors (Lipinski definition) is 3. The molecule has 0 bridgehead atoms. The number of piperidine rings is 1. The molecule has 2 heterocycles. The minimum atomic E-state index is -0.711. The molecule has 2 aromatic carbocycles. The third-order valence-corrected chi connectivity index (χ3v) is 5.66. The van der Waals surface area contributed by atoms with Gasteiger partial charge < -0.3 is 15.5 Å². The summed E-state index contributed by atoms with van der Waals surface area (Å²) in [5.74, 6) is -1.85. The van der Waals surface area contributed by atoms with Gasteiger partial charge in [-0.25, -0.2) is 0 Å². The molecule has 0 saturated carbocycles. The van der Waals surface area contributed by atoms with Crippen molar-refractivity contribution in [2.45, 2.75) is 51.7 Å². The Morgan fingerprint density at radius 3 is 2.44 bits per heavy atom. The smallest absolute Gasteiger partial charge is 0.255 e. The number of imide groups is 1. The predicted molar refractivity (Wildman–Crippen MR) is 124 cm³/mol. The van der Waals surface area contributed by atoms with Gasteiger partial charge in [-0.3, -0.25) is 29.3 Å². The van der Waals surface area contributed by atoms with Gasteiger partial charge in [-0.1, -0.05) is 12.1 Å². The van der Waals surface area contributed by atoms with Gasteiger partial charge in [0.25, 0.3) is 17.7 Å². The number of fused-ring (bicyclic) bond motifs is 1. The highest BCUT2D eigenvalue weighted by molar-refractivity contribution is 6.09. The lowest BCUT2D eigenvalue weighted by molar-refractivity contribution is -0.136. The van der Waals surface area contributed by atoms with Crippen molar-refractivity contribution in [2.24, 2.45) is 0 Å². The summed E-state index contributed by atoms with van der Waals surface area (Å²) in [5, 5.41) is 7.91. The fourth-order valence-corrected chi connectivity index (χ4v) is 4.05. The van der Waals surface area contributed by atoms with Crippen LogP contribution in [-0.2, 0) is 16.1 Å². The van der Waals surface area contributed by atoms with Gasteiger partial charge in [0.2, 0.25) is 11.8 Å². The molecule has 5 amide bonds. The van der Waals surface area contributed by atoms with Crippen LogP contribution in [0, 0.1) is 0 Å². The Balaban J connectivity index is 1.48. The zero-order chi connectivity index (χ0) is 24.6. The van der Waals surface area contributed by atoms with E-state index in [1.807, 2.05) is 20.8 Å². The zero-order valence-electron chi connectivity index (χ0n) is 19.2. The molecule has 2 aliphatic rings. The van der Waals surface area contributed by atoms with E-state index in [1.165, 1.54) is 11.0 Å². The summed E-state index contributed by atoms with van der Waals surface area (Å²) >= 11 is 0. The molecule has 0 radical (unpaired) electrons. The molecular weight excluding hydrogens is 436 g/mol. The fraction of sp³-hybridized carbons (Fsp3) is 0.320. The van der Waals surface area contributed by atoms with Crippen LogP contribution < -0.4 is 16.0 Å². The van der Waals surface area contributed by atoms with E-state index in [0.29, 0.717) is 22.4 Å². The van der Waals surface area contributed by atoms with Crippen molar-refractivity contribution in [3.63, 3.8) is 0 Å². The molecule has 9 nitrogen and oxygen atoms in total. The Morgan fingerprint density at radius 2 is 1.74 bits per heavy atom. The van der Waals surface area contributed by atoms with Crippen LogP contribution in [0.3, 0.4) is 0 Å². The van der Waals surface area contributed by atoms with Crippen LogP contribution in [-0.4, -0.2) is 46.0 Å². The number of nitrogens with one attached hydrogen (secondary N) is 3. The van der Waals surface area contributed by atoms with Gasteiger partial charge in [0.1, 0.15) is 6.04 Å². The highest BCUT2D eigenvalue weighted by atomic mass is 16.2. The Hall–Kier alpha value is -4.01. The van der Waals surface area contributed by atoms with Crippen LogP contribution in [0.2, 0.25) is 0 Å². The van der Waals surface area contributed by atoms with Crippen molar-refractivity contribution in [1.82, 2.24) is 15.5 Å². The second-order valence-electron chi connectivity index (χ2n) is 9.51. The first-order valence-electron chi connectivity index (χ1n) is 11.0. The second kappa shape index (κ2) is 8.74. The third kappa shape index (κ3) is 4.83. The first kappa shape index (κ1) is 23.2. The van der Waals surface area contributed by atoms with Gasteiger partial charge in [-0.05, 0) is 63.1 Å². The molecule has 4 rings (SSSR count). The number of nitrogens with zero attached hydrogens (tertiary/aromatic N) is 1. The minimum Gasteiger partial charge on any atom is -0.347 e. The quantitative estimate of drug-likeness (QED) is 0.601. The first-order chi connectivity index (χ1) is 16.0. The Morgan fingerprint density at radius 1 is 1.00 bits per heavy atom. The number of benzene rings is 2. The number of carbonyl (C=O) groups is 5. The number of hydrogen-bond acceptors (Lipinski definition) is 5. The molecule has 9 heteroatoms. The van der Waals surface area contributed by atoms with Gasteiger partial charge in [-0.15, -0.1) is 0 Å².